The molecule has 0 saturated carbocycles. The van der Waals surface area contributed by atoms with Gasteiger partial charge in [-0.2, -0.15) is 0 Å². The molecule has 0 bridgehead atoms. The van der Waals surface area contributed by atoms with Crippen LogP contribution < -0.4 is 5.73 Å². The van der Waals surface area contributed by atoms with Crippen LogP contribution in [-0.4, -0.2) is 34.9 Å². The zero-order chi connectivity index (χ0) is 13.1. The van der Waals surface area contributed by atoms with E-state index in [1.54, 1.807) is 0 Å². The number of nitrogens with two attached hydrogens (primary N) is 1. The highest BCUT2D eigenvalue weighted by atomic mass is 16.4. The molecule has 0 aromatic heterocycles. The van der Waals surface area contributed by atoms with E-state index in [-0.39, 0.29) is 23.1 Å². The third kappa shape index (κ3) is 3.11. The highest BCUT2D eigenvalue weighted by Gasteiger charge is 2.34. The number of carbonyl (C=O) groups is 1. The predicted molar refractivity (Wildman–Crippen MR) is 66.8 cm³/mol. The molecule has 1 rings (SSSR count). The van der Waals surface area contributed by atoms with Gasteiger partial charge in [-0.3, -0.25) is 4.79 Å². The van der Waals surface area contributed by atoms with Gasteiger partial charge in [0.2, 0.25) is 5.91 Å². The highest BCUT2D eigenvalue weighted by Crippen LogP contribution is 2.26. The molecule has 0 radical (unpaired) electrons. The summed E-state index contributed by atoms with van der Waals surface area (Å²) in [4.78, 5) is 14.1. The van der Waals surface area contributed by atoms with Crippen LogP contribution in [-0.2, 0) is 4.79 Å². The fraction of sp³-hybridized carbons (Fsp3) is 0.833. The highest BCUT2D eigenvalue weighted by molar-refractivity contribution is 5.85. The molecule has 0 aromatic carbocycles. The molecular weight excluding hydrogens is 218 g/mol. The molecule has 1 atom stereocenters. The zero-order valence-corrected chi connectivity index (χ0v) is 10.9. The van der Waals surface area contributed by atoms with E-state index in [0.717, 1.165) is 25.8 Å². The number of amides is 1. The summed E-state index contributed by atoms with van der Waals surface area (Å²) in [6.07, 6.45) is 2.61. The first kappa shape index (κ1) is 13.8. The molecule has 17 heavy (non-hydrogen) atoms. The minimum atomic E-state index is -0.326. The van der Waals surface area contributed by atoms with Crippen LogP contribution in [0.3, 0.4) is 0 Å². The number of amidine groups is 1. The molecule has 1 unspecified atom stereocenters. The molecule has 1 heterocycles. The molecule has 5 heteroatoms. The Balaban J connectivity index is 2.70. The Hall–Kier alpha value is -1.26. The maximum atomic E-state index is 12.3. The molecule has 1 aliphatic rings. The largest absolute Gasteiger partial charge is 0.409 e. The summed E-state index contributed by atoms with van der Waals surface area (Å²) in [5.41, 5.74) is 5.29. The van der Waals surface area contributed by atoms with Crippen LogP contribution >= 0.6 is 0 Å². The van der Waals surface area contributed by atoms with Crippen molar-refractivity contribution >= 4 is 11.7 Å². The lowest BCUT2D eigenvalue weighted by Gasteiger charge is -2.36. The average molecular weight is 241 g/mol. The van der Waals surface area contributed by atoms with Crippen molar-refractivity contribution in [2.75, 3.05) is 13.1 Å². The van der Waals surface area contributed by atoms with E-state index < -0.39 is 0 Å². The van der Waals surface area contributed by atoms with Gasteiger partial charge >= 0.3 is 0 Å². The monoisotopic (exact) mass is 241 g/mol. The van der Waals surface area contributed by atoms with Gasteiger partial charge in [0.25, 0.3) is 0 Å². The Labute approximate surface area is 103 Å². The summed E-state index contributed by atoms with van der Waals surface area (Å²) in [6.45, 7) is 7.28. The van der Waals surface area contributed by atoms with Crippen LogP contribution in [0.1, 0.15) is 40.0 Å². The Morgan fingerprint density at radius 3 is 2.76 bits per heavy atom. The molecule has 1 amide bonds. The van der Waals surface area contributed by atoms with Crippen LogP contribution in [0.15, 0.2) is 5.16 Å². The molecule has 1 aliphatic heterocycles. The number of hydrogen-bond donors (Lipinski definition) is 2. The predicted octanol–water partition coefficient (Wildman–Crippen LogP) is 1.41. The summed E-state index contributed by atoms with van der Waals surface area (Å²) in [5, 5.41) is 11.7. The fourth-order valence-electron chi connectivity index (χ4n) is 2.06. The van der Waals surface area contributed by atoms with E-state index in [4.69, 9.17) is 10.9 Å². The van der Waals surface area contributed by atoms with E-state index >= 15 is 0 Å². The van der Waals surface area contributed by atoms with Gasteiger partial charge in [-0.05, 0) is 19.3 Å². The van der Waals surface area contributed by atoms with Gasteiger partial charge in [0.05, 0.1) is 0 Å². The second-order valence-corrected chi connectivity index (χ2v) is 5.35. The molecule has 1 saturated heterocycles. The first-order chi connectivity index (χ1) is 7.92. The van der Waals surface area contributed by atoms with E-state index in [1.807, 2.05) is 25.7 Å². The Bertz CT molecular complexity index is 313. The van der Waals surface area contributed by atoms with Gasteiger partial charge in [0, 0.05) is 24.4 Å². The maximum Gasteiger partial charge on any atom is 0.228 e. The lowest BCUT2D eigenvalue weighted by Crippen LogP contribution is -2.48. The van der Waals surface area contributed by atoms with Crippen molar-refractivity contribution < 1.29 is 10.0 Å². The van der Waals surface area contributed by atoms with Gasteiger partial charge in [-0.15, -0.1) is 0 Å². The lowest BCUT2D eigenvalue weighted by molar-refractivity contribution is -0.141. The van der Waals surface area contributed by atoms with Crippen LogP contribution in [0.2, 0.25) is 0 Å². The quantitative estimate of drug-likeness (QED) is 0.339. The number of rotatable bonds is 3. The van der Waals surface area contributed by atoms with Gasteiger partial charge in [-0.25, -0.2) is 0 Å². The van der Waals surface area contributed by atoms with E-state index in [9.17, 15) is 4.79 Å². The SMILES string of the molecule is CCC(C)(C)C(=O)N1CCCC(C(N)=NO)C1. The van der Waals surface area contributed by atoms with E-state index in [0.29, 0.717) is 6.54 Å². The molecule has 5 nitrogen and oxygen atoms in total. The third-order valence-electron chi connectivity index (χ3n) is 3.71. The second-order valence-electron chi connectivity index (χ2n) is 5.35. The van der Waals surface area contributed by atoms with Crippen LogP contribution in [0.5, 0.6) is 0 Å². The average Bonchev–Trinajstić information content (AvgIpc) is 2.36. The van der Waals surface area contributed by atoms with Crippen LogP contribution in [0.25, 0.3) is 0 Å². The van der Waals surface area contributed by atoms with Gasteiger partial charge < -0.3 is 15.8 Å². The third-order valence-corrected chi connectivity index (χ3v) is 3.71. The number of piperidine rings is 1. The summed E-state index contributed by atoms with van der Waals surface area (Å²) in [6, 6.07) is 0. The molecule has 0 spiro atoms. The summed E-state index contributed by atoms with van der Waals surface area (Å²) < 4.78 is 0. The van der Waals surface area contributed by atoms with Crippen molar-refractivity contribution in [1.82, 2.24) is 4.90 Å². The van der Waals surface area contributed by atoms with E-state index in [2.05, 4.69) is 5.16 Å². The van der Waals surface area contributed by atoms with Crippen molar-refractivity contribution in [3.63, 3.8) is 0 Å². The summed E-state index contributed by atoms with van der Waals surface area (Å²) in [5.74, 6) is 0.387. The van der Waals surface area contributed by atoms with Crippen molar-refractivity contribution in [1.29, 1.82) is 0 Å². The Morgan fingerprint density at radius 2 is 2.24 bits per heavy atom. The number of hydrogen-bond acceptors (Lipinski definition) is 3. The first-order valence-electron chi connectivity index (χ1n) is 6.19. The first-order valence-corrected chi connectivity index (χ1v) is 6.19. The van der Waals surface area contributed by atoms with Crippen molar-refractivity contribution in [2.45, 2.75) is 40.0 Å². The van der Waals surface area contributed by atoms with E-state index in [1.165, 1.54) is 0 Å². The molecule has 3 N–H and O–H groups in total. The van der Waals surface area contributed by atoms with Gasteiger partial charge in [0.15, 0.2) is 0 Å². The molecular formula is C12H23N3O2. The second kappa shape index (κ2) is 5.38. The summed E-state index contributed by atoms with van der Waals surface area (Å²) >= 11 is 0. The maximum absolute atomic E-state index is 12.3. The fourth-order valence-corrected chi connectivity index (χ4v) is 2.06. The number of carbonyl (C=O) groups excluding carboxylic acids is 1. The standard InChI is InChI=1S/C12H23N3O2/c1-4-12(2,3)11(16)15-7-5-6-9(8-15)10(13)14-17/h9,17H,4-8H2,1-3H3,(H2,13,14). The lowest BCUT2D eigenvalue weighted by atomic mass is 9.86. The van der Waals surface area contributed by atoms with Crippen molar-refractivity contribution in [2.24, 2.45) is 22.2 Å². The number of oxime groups is 1. The smallest absolute Gasteiger partial charge is 0.228 e. The van der Waals surface area contributed by atoms with Gasteiger partial charge in [0.1, 0.15) is 5.84 Å². The Kier molecular flexibility index (Phi) is 4.37. The van der Waals surface area contributed by atoms with Crippen molar-refractivity contribution in [3.05, 3.63) is 0 Å². The zero-order valence-electron chi connectivity index (χ0n) is 10.9. The van der Waals surface area contributed by atoms with Gasteiger partial charge in [-0.1, -0.05) is 25.9 Å². The summed E-state index contributed by atoms with van der Waals surface area (Å²) in [7, 11) is 0. The normalized spacial score (nSPS) is 22.6. The molecule has 0 aromatic rings. The minimum absolute atomic E-state index is 0.00893. The minimum Gasteiger partial charge on any atom is -0.409 e. The number of nitrogens with zero attached hydrogens (tertiary/aromatic N) is 2. The molecule has 98 valence electrons. The van der Waals surface area contributed by atoms with Crippen LogP contribution in [0.4, 0.5) is 0 Å². The molecule has 0 aliphatic carbocycles. The van der Waals surface area contributed by atoms with Crippen LogP contribution in [0, 0.1) is 11.3 Å². The van der Waals surface area contributed by atoms with Crippen molar-refractivity contribution in [3.8, 4) is 0 Å². The molecule has 1 fully saturated rings. The Morgan fingerprint density at radius 1 is 1.59 bits per heavy atom. The topological polar surface area (TPSA) is 78.9 Å². The number of likely N-dealkylation sites (tertiary alicyclic amines) is 1.